The van der Waals surface area contributed by atoms with Gasteiger partial charge in [0.25, 0.3) is 11.2 Å². The van der Waals surface area contributed by atoms with Crippen molar-refractivity contribution in [2.24, 2.45) is 4.99 Å². The first-order chi connectivity index (χ1) is 16.2. The molecule has 0 amide bonds. The zero-order valence-electron chi connectivity index (χ0n) is 18.0. The molecule has 9 nitrogen and oxygen atoms in total. The van der Waals surface area contributed by atoms with Crippen molar-refractivity contribution in [1.82, 2.24) is 4.57 Å². The van der Waals surface area contributed by atoms with Gasteiger partial charge in [-0.25, -0.2) is 9.79 Å². The first-order valence-electron chi connectivity index (χ1n) is 10.1. The highest BCUT2D eigenvalue weighted by Gasteiger charge is 2.33. The van der Waals surface area contributed by atoms with Crippen LogP contribution in [0, 0.1) is 10.1 Å². The maximum atomic E-state index is 13.5. The average molecular weight is 499 g/mol. The molecule has 0 bridgehead atoms. The monoisotopic (exact) mass is 498 g/mol. The zero-order valence-corrected chi connectivity index (χ0v) is 19.6. The smallest absolute Gasteiger partial charge is 0.338 e. The summed E-state index contributed by atoms with van der Waals surface area (Å²) < 4.78 is 6.87. The Bertz CT molecular complexity index is 1520. The Balaban J connectivity index is 1.94. The van der Waals surface area contributed by atoms with Gasteiger partial charge in [0.2, 0.25) is 0 Å². The minimum atomic E-state index is -0.798. The molecule has 0 saturated heterocycles. The van der Waals surface area contributed by atoms with Gasteiger partial charge in [-0.3, -0.25) is 19.5 Å². The number of benzene rings is 2. The van der Waals surface area contributed by atoms with E-state index < -0.39 is 33.9 Å². The number of carbonyl (C=O) groups excluding carboxylic acids is 1. The van der Waals surface area contributed by atoms with Crippen LogP contribution in [0.5, 0.6) is 5.75 Å². The predicted octanol–water partition coefficient (Wildman–Crippen LogP) is 2.43. The molecule has 34 heavy (non-hydrogen) atoms. The van der Waals surface area contributed by atoms with E-state index in [1.807, 2.05) is 0 Å². The van der Waals surface area contributed by atoms with Crippen LogP contribution in [-0.4, -0.2) is 22.1 Å². The summed E-state index contributed by atoms with van der Waals surface area (Å²) in [5, 5.41) is 23.3. The Kier molecular flexibility index (Phi) is 6.36. The van der Waals surface area contributed by atoms with Crippen molar-refractivity contribution in [1.29, 1.82) is 0 Å². The van der Waals surface area contributed by atoms with Crippen molar-refractivity contribution in [3.8, 4) is 5.75 Å². The number of nitro benzene ring substituents is 1. The number of allylic oxidation sites excluding steroid dienone is 1. The van der Waals surface area contributed by atoms with E-state index in [0.29, 0.717) is 26.6 Å². The number of esters is 1. The number of aromatic nitrogens is 1. The highest BCUT2D eigenvalue weighted by Crippen LogP contribution is 2.31. The van der Waals surface area contributed by atoms with E-state index >= 15 is 0 Å². The van der Waals surface area contributed by atoms with E-state index in [2.05, 4.69) is 4.99 Å². The van der Waals surface area contributed by atoms with Gasteiger partial charge in [0.15, 0.2) is 4.80 Å². The van der Waals surface area contributed by atoms with E-state index in [4.69, 9.17) is 16.3 Å². The summed E-state index contributed by atoms with van der Waals surface area (Å²) >= 11 is 7.11. The van der Waals surface area contributed by atoms with Crippen molar-refractivity contribution in [3.63, 3.8) is 0 Å². The highest BCUT2D eigenvalue weighted by atomic mass is 35.5. The Morgan fingerprint density at radius 3 is 2.65 bits per heavy atom. The minimum absolute atomic E-state index is 0.155. The fourth-order valence-corrected chi connectivity index (χ4v) is 4.84. The van der Waals surface area contributed by atoms with E-state index in [-0.39, 0.29) is 16.7 Å². The van der Waals surface area contributed by atoms with Gasteiger partial charge in [0.05, 0.1) is 33.4 Å². The number of nitro groups is 1. The molecule has 0 unspecified atom stereocenters. The van der Waals surface area contributed by atoms with Gasteiger partial charge in [-0.05, 0) is 48.9 Å². The van der Waals surface area contributed by atoms with Crippen LogP contribution < -0.4 is 20.0 Å². The van der Waals surface area contributed by atoms with Gasteiger partial charge in [0.1, 0.15) is 0 Å². The van der Waals surface area contributed by atoms with Crippen molar-refractivity contribution >= 4 is 40.7 Å². The van der Waals surface area contributed by atoms with E-state index in [1.54, 1.807) is 38.1 Å². The number of hydrogen-bond donors (Lipinski definition) is 0. The number of hydrogen-bond acceptors (Lipinski definition) is 8. The summed E-state index contributed by atoms with van der Waals surface area (Å²) in [6.45, 7) is 3.51. The maximum absolute atomic E-state index is 13.5. The fraction of sp³-hybridized carbons (Fsp3) is 0.174. The third kappa shape index (κ3) is 4.25. The molecule has 0 spiro atoms. The maximum Gasteiger partial charge on any atom is 0.338 e. The van der Waals surface area contributed by atoms with Crippen molar-refractivity contribution < 1.29 is 19.6 Å². The van der Waals surface area contributed by atoms with Crippen LogP contribution in [0.15, 0.2) is 63.5 Å². The molecular weight excluding hydrogens is 482 g/mol. The zero-order chi connectivity index (χ0) is 24.6. The number of nitrogens with zero attached hydrogens (tertiary/aromatic N) is 3. The van der Waals surface area contributed by atoms with E-state index in [1.165, 1.54) is 16.7 Å². The summed E-state index contributed by atoms with van der Waals surface area (Å²) in [5.74, 6) is -1.30. The molecule has 0 N–H and O–H groups in total. The van der Waals surface area contributed by atoms with Gasteiger partial charge in [-0.15, -0.1) is 0 Å². The standard InChI is InChI=1S/C23H18ClN3O6S/c1-3-33-22(30)19-12(2)25-23-26(20(19)14-5-7-15(24)8-6-14)21(29)18(34-23)11-13-4-9-17(28)16(10-13)27(31)32/h4-11,20,28H,3H2,1-2H3/p-1/t20-/m0/s1. The van der Waals surface area contributed by atoms with Gasteiger partial charge in [-0.1, -0.05) is 47.2 Å². The number of ether oxygens (including phenoxy) is 1. The molecule has 0 radical (unpaired) electrons. The highest BCUT2D eigenvalue weighted by molar-refractivity contribution is 7.07. The van der Waals surface area contributed by atoms with Crippen LogP contribution in [0.3, 0.4) is 0 Å². The SMILES string of the molecule is CCOC(=O)C1=C(C)N=c2sc(=Cc3ccc([O-])c([N+](=O)[O-])c3)c(=O)n2[C@H]1c1ccc(Cl)cc1. The lowest BCUT2D eigenvalue weighted by Gasteiger charge is -2.24. The van der Waals surface area contributed by atoms with Gasteiger partial charge < -0.3 is 9.84 Å². The van der Waals surface area contributed by atoms with E-state index in [9.17, 15) is 24.8 Å². The Morgan fingerprint density at radius 2 is 2.00 bits per heavy atom. The summed E-state index contributed by atoms with van der Waals surface area (Å²) in [7, 11) is 0. The average Bonchev–Trinajstić information content (AvgIpc) is 3.09. The summed E-state index contributed by atoms with van der Waals surface area (Å²) in [6.07, 6.45) is 1.46. The van der Waals surface area contributed by atoms with Gasteiger partial charge >= 0.3 is 5.97 Å². The second-order valence-corrected chi connectivity index (χ2v) is 8.78. The number of rotatable bonds is 5. The lowest BCUT2D eigenvalue weighted by atomic mass is 9.96. The topological polar surface area (TPSA) is 127 Å². The molecule has 2 aromatic carbocycles. The lowest BCUT2D eigenvalue weighted by molar-refractivity contribution is -0.398. The summed E-state index contributed by atoms with van der Waals surface area (Å²) in [4.78, 5) is 41.5. The molecule has 11 heteroatoms. The molecule has 0 saturated carbocycles. The molecule has 1 aromatic heterocycles. The molecule has 1 aliphatic rings. The largest absolute Gasteiger partial charge is 0.868 e. The van der Waals surface area contributed by atoms with Crippen molar-refractivity contribution in [2.75, 3.05) is 6.61 Å². The molecular formula is C23H17ClN3O6S-. The molecule has 4 rings (SSSR count). The number of carbonyl (C=O) groups is 1. The first kappa shape index (κ1) is 23.4. The Morgan fingerprint density at radius 1 is 1.29 bits per heavy atom. The molecule has 1 aliphatic heterocycles. The molecule has 3 aromatic rings. The van der Waals surface area contributed by atoms with Crippen LogP contribution in [0.2, 0.25) is 5.02 Å². The quantitative estimate of drug-likeness (QED) is 0.302. The molecule has 0 fully saturated rings. The minimum Gasteiger partial charge on any atom is -0.868 e. The molecule has 2 heterocycles. The van der Waals surface area contributed by atoms with Gasteiger partial charge in [-0.2, -0.15) is 0 Å². The summed E-state index contributed by atoms with van der Waals surface area (Å²) in [6, 6.07) is 9.57. The lowest BCUT2D eigenvalue weighted by Crippen LogP contribution is -2.39. The number of halogens is 1. The Hall–Kier alpha value is -3.76. The Labute approximate surface area is 201 Å². The fourth-order valence-electron chi connectivity index (χ4n) is 3.67. The normalized spacial score (nSPS) is 15.6. The van der Waals surface area contributed by atoms with Crippen LogP contribution >= 0.6 is 22.9 Å². The van der Waals surface area contributed by atoms with Gasteiger partial charge in [0, 0.05) is 11.1 Å². The third-order valence-electron chi connectivity index (χ3n) is 5.18. The van der Waals surface area contributed by atoms with Crippen molar-refractivity contribution in [3.05, 3.63) is 99.7 Å². The van der Waals surface area contributed by atoms with Crippen LogP contribution in [0.1, 0.15) is 31.0 Å². The van der Waals surface area contributed by atoms with Crippen LogP contribution in [-0.2, 0) is 9.53 Å². The number of fused-ring (bicyclic) bond motifs is 1. The van der Waals surface area contributed by atoms with Crippen molar-refractivity contribution in [2.45, 2.75) is 19.9 Å². The molecule has 0 aliphatic carbocycles. The van der Waals surface area contributed by atoms with Crippen LogP contribution in [0.25, 0.3) is 6.08 Å². The third-order valence-corrected chi connectivity index (χ3v) is 6.42. The summed E-state index contributed by atoms with van der Waals surface area (Å²) in [5.41, 5.74) is 0.585. The molecule has 174 valence electrons. The van der Waals surface area contributed by atoms with Crippen LogP contribution in [0.4, 0.5) is 5.69 Å². The number of thiazole rings is 1. The first-order valence-corrected chi connectivity index (χ1v) is 11.3. The predicted molar refractivity (Wildman–Crippen MR) is 124 cm³/mol. The second-order valence-electron chi connectivity index (χ2n) is 7.34. The second kappa shape index (κ2) is 9.24. The van der Waals surface area contributed by atoms with E-state index in [0.717, 1.165) is 23.5 Å². The molecule has 1 atom stereocenters.